The van der Waals surface area contributed by atoms with Gasteiger partial charge in [-0.1, -0.05) is 54.1 Å². The number of aromatic amines is 1. The minimum Gasteiger partial charge on any atom is -0.368 e. The molecule has 2 aromatic heterocycles. The number of fused-ring (bicyclic) bond motifs is 1. The number of hydrogen-bond acceptors (Lipinski definition) is 6. The number of amides is 2. The number of benzene rings is 2. The Balaban J connectivity index is 1.24. The molecule has 0 saturated carbocycles. The van der Waals surface area contributed by atoms with E-state index in [0.717, 1.165) is 48.4 Å². The minimum absolute atomic E-state index is 0.0398. The van der Waals surface area contributed by atoms with Crippen molar-refractivity contribution in [1.82, 2.24) is 30.1 Å². The van der Waals surface area contributed by atoms with Gasteiger partial charge in [0.05, 0.1) is 5.39 Å². The molecule has 0 atom stereocenters. The van der Waals surface area contributed by atoms with E-state index in [1.165, 1.54) is 12.5 Å². The van der Waals surface area contributed by atoms with E-state index in [2.05, 4.69) is 26.6 Å². The second-order valence-electron chi connectivity index (χ2n) is 9.98. The van der Waals surface area contributed by atoms with Gasteiger partial charge < -0.3 is 20.5 Å². The summed E-state index contributed by atoms with van der Waals surface area (Å²) >= 11 is 6.10. The van der Waals surface area contributed by atoms with Gasteiger partial charge >= 0.3 is 0 Å². The van der Waals surface area contributed by atoms with Gasteiger partial charge in [0.15, 0.2) is 5.82 Å². The molecule has 0 spiro atoms. The molecule has 1 saturated heterocycles. The third kappa shape index (κ3) is 6.97. The predicted octanol–water partition coefficient (Wildman–Crippen LogP) is 4.22. The van der Waals surface area contributed by atoms with Crippen LogP contribution in [-0.2, 0) is 11.2 Å². The van der Waals surface area contributed by atoms with Gasteiger partial charge in [0.2, 0.25) is 5.91 Å². The Labute approximate surface area is 238 Å². The number of nitrogens with one attached hydrogen (secondary N) is 3. The number of carbonyl (C=O) groups excluding carboxylic acids is 2. The van der Waals surface area contributed by atoms with Gasteiger partial charge in [-0.15, -0.1) is 0 Å². The van der Waals surface area contributed by atoms with E-state index in [9.17, 15) is 9.59 Å². The van der Waals surface area contributed by atoms with Crippen LogP contribution in [0.15, 0.2) is 60.7 Å². The summed E-state index contributed by atoms with van der Waals surface area (Å²) in [5.41, 5.74) is 3.22. The van der Waals surface area contributed by atoms with Crippen molar-refractivity contribution < 1.29 is 9.59 Å². The molecule has 0 unspecified atom stereocenters. The van der Waals surface area contributed by atoms with Crippen molar-refractivity contribution in [2.24, 2.45) is 0 Å². The molecule has 5 rings (SSSR count). The normalized spacial score (nSPS) is 13.9. The first kappa shape index (κ1) is 27.6. The Morgan fingerprint density at radius 1 is 0.975 bits per heavy atom. The molecule has 1 fully saturated rings. The quantitative estimate of drug-likeness (QED) is 0.251. The lowest BCUT2D eigenvalue weighted by atomic mass is 10.1. The highest BCUT2D eigenvalue weighted by atomic mass is 35.5. The average Bonchev–Trinajstić information content (AvgIpc) is 3.40. The summed E-state index contributed by atoms with van der Waals surface area (Å²) in [5, 5.41) is 7.60. The van der Waals surface area contributed by atoms with Crippen LogP contribution in [-0.4, -0.2) is 82.4 Å². The molecule has 9 nitrogen and oxygen atoms in total. The van der Waals surface area contributed by atoms with Gasteiger partial charge in [-0.05, 0) is 43.1 Å². The Bertz CT molecular complexity index is 1470. The zero-order valence-corrected chi connectivity index (χ0v) is 23.4. The third-order valence-electron chi connectivity index (χ3n) is 7.03. The first-order valence-corrected chi connectivity index (χ1v) is 14.0. The zero-order chi connectivity index (χ0) is 27.9. The Kier molecular flexibility index (Phi) is 8.93. The summed E-state index contributed by atoms with van der Waals surface area (Å²) in [6.45, 7) is 6.47. The van der Waals surface area contributed by atoms with Gasteiger partial charge in [0.25, 0.3) is 5.91 Å². The topological polar surface area (TPSA) is 106 Å². The lowest BCUT2D eigenvalue weighted by Crippen LogP contribution is -2.49. The van der Waals surface area contributed by atoms with Crippen molar-refractivity contribution in [3.63, 3.8) is 0 Å². The maximum absolute atomic E-state index is 13.5. The SMILES string of the molecule is CC(=O)NCCNc1nc(-c2ccccc2)nc2[nH]c(C(=O)N3CCN(CCCc4cccc(Cl)c4)CC3)cc12. The number of aryl methyl sites for hydroxylation is 1. The highest BCUT2D eigenvalue weighted by molar-refractivity contribution is 6.30. The maximum Gasteiger partial charge on any atom is 0.270 e. The first-order chi connectivity index (χ1) is 19.5. The molecule has 1 aliphatic rings. The number of H-pyrrole nitrogens is 1. The highest BCUT2D eigenvalue weighted by Gasteiger charge is 2.24. The van der Waals surface area contributed by atoms with Crippen molar-refractivity contribution >= 4 is 40.3 Å². The van der Waals surface area contributed by atoms with Gasteiger partial charge in [0, 0.05) is 56.8 Å². The van der Waals surface area contributed by atoms with E-state index in [-0.39, 0.29) is 11.8 Å². The molecule has 0 aliphatic carbocycles. The molecular formula is C30H34ClN7O2. The van der Waals surface area contributed by atoms with Crippen molar-refractivity contribution in [3.8, 4) is 11.4 Å². The number of piperazine rings is 1. The average molecular weight is 560 g/mol. The fourth-order valence-electron chi connectivity index (χ4n) is 4.94. The molecule has 2 amide bonds. The molecule has 4 aromatic rings. The molecule has 2 aromatic carbocycles. The van der Waals surface area contributed by atoms with Crippen molar-refractivity contribution in [3.05, 3.63) is 76.9 Å². The molecule has 0 radical (unpaired) electrons. The molecule has 3 heterocycles. The summed E-state index contributed by atoms with van der Waals surface area (Å²) in [4.78, 5) is 41.7. The van der Waals surface area contributed by atoms with Gasteiger partial charge in [-0.3, -0.25) is 14.5 Å². The minimum atomic E-state index is -0.0876. The second-order valence-corrected chi connectivity index (χ2v) is 10.4. The number of halogens is 1. The number of carbonyl (C=O) groups is 2. The molecular weight excluding hydrogens is 526 g/mol. The van der Waals surface area contributed by atoms with Crippen molar-refractivity contribution in [1.29, 1.82) is 0 Å². The van der Waals surface area contributed by atoms with Crippen LogP contribution in [0.25, 0.3) is 22.4 Å². The highest BCUT2D eigenvalue weighted by Crippen LogP contribution is 2.26. The fourth-order valence-corrected chi connectivity index (χ4v) is 5.15. The van der Waals surface area contributed by atoms with Gasteiger partial charge in [-0.2, -0.15) is 0 Å². The molecule has 0 bridgehead atoms. The van der Waals surface area contributed by atoms with Crippen molar-refractivity contribution in [2.75, 3.05) is 51.1 Å². The van der Waals surface area contributed by atoms with Crippen LogP contribution in [0.4, 0.5) is 5.82 Å². The van der Waals surface area contributed by atoms with E-state index >= 15 is 0 Å². The van der Waals surface area contributed by atoms with E-state index in [1.54, 1.807) is 0 Å². The van der Waals surface area contributed by atoms with Crippen LogP contribution in [0.1, 0.15) is 29.4 Å². The summed E-state index contributed by atoms with van der Waals surface area (Å²) in [6, 6.07) is 19.6. The number of hydrogen-bond donors (Lipinski definition) is 3. The molecule has 3 N–H and O–H groups in total. The molecule has 40 heavy (non-hydrogen) atoms. The summed E-state index contributed by atoms with van der Waals surface area (Å²) in [6.07, 6.45) is 2.04. The Hall–Kier alpha value is -3.95. The van der Waals surface area contributed by atoms with Crippen LogP contribution in [0, 0.1) is 0 Å². The first-order valence-electron chi connectivity index (χ1n) is 13.7. The van der Waals surface area contributed by atoms with Crippen LogP contribution in [0.3, 0.4) is 0 Å². The monoisotopic (exact) mass is 559 g/mol. The lowest BCUT2D eigenvalue weighted by Gasteiger charge is -2.34. The van der Waals surface area contributed by atoms with E-state index in [0.29, 0.717) is 49.2 Å². The number of nitrogens with zero attached hydrogens (tertiary/aromatic N) is 4. The van der Waals surface area contributed by atoms with E-state index in [4.69, 9.17) is 21.6 Å². The molecule has 1 aliphatic heterocycles. The number of anilines is 1. The van der Waals surface area contributed by atoms with E-state index in [1.807, 2.05) is 59.5 Å². The maximum atomic E-state index is 13.5. The fraction of sp³-hybridized carbons (Fsp3) is 0.333. The van der Waals surface area contributed by atoms with Crippen LogP contribution < -0.4 is 10.6 Å². The summed E-state index contributed by atoms with van der Waals surface area (Å²) in [5.74, 6) is 1.05. The Morgan fingerprint density at radius 2 is 1.77 bits per heavy atom. The standard InChI is InChI=1S/C30H34ClN7O2/c1-21(39)32-12-13-33-28-25-20-26(34-29(25)36-27(35-28)23-9-3-2-4-10-23)30(40)38-17-15-37(16-18-38)14-6-8-22-7-5-11-24(31)19-22/h2-5,7,9-11,19-20H,6,8,12-18H2,1H3,(H,32,39)(H2,33,34,35,36). The lowest BCUT2D eigenvalue weighted by molar-refractivity contribution is -0.118. The molecule has 208 valence electrons. The van der Waals surface area contributed by atoms with Gasteiger partial charge in [0.1, 0.15) is 17.2 Å². The summed E-state index contributed by atoms with van der Waals surface area (Å²) < 4.78 is 0. The van der Waals surface area contributed by atoms with Crippen molar-refractivity contribution in [2.45, 2.75) is 19.8 Å². The number of rotatable bonds is 10. The van der Waals surface area contributed by atoms with Crippen LogP contribution >= 0.6 is 11.6 Å². The smallest absolute Gasteiger partial charge is 0.270 e. The second kappa shape index (κ2) is 12.9. The Morgan fingerprint density at radius 3 is 2.52 bits per heavy atom. The largest absolute Gasteiger partial charge is 0.368 e. The van der Waals surface area contributed by atoms with Gasteiger partial charge in [-0.25, -0.2) is 9.97 Å². The zero-order valence-electron chi connectivity index (χ0n) is 22.6. The predicted molar refractivity (Wildman–Crippen MR) is 159 cm³/mol. The van der Waals surface area contributed by atoms with E-state index < -0.39 is 0 Å². The molecule has 10 heteroatoms. The number of aromatic nitrogens is 3. The van der Waals surface area contributed by atoms with Crippen LogP contribution in [0.5, 0.6) is 0 Å². The van der Waals surface area contributed by atoms with Crippen LogP contribution in [0.2, 0.25) is 5.02 Å². The third-order valence-corrected chi connectivity index (χ3v) is 7.26. The summed E-state index contributed by atoms with van der Waals surface area (Å²) in [7, 11) is 0.